The molecule has 8 heteroatoms. The lowest BCUT2D eigenvalue weighted by atomic mass is 9.84. The maximum Gasteiger partial charge on any atom is 0.203 e. The molecule has 0 spiro atoms. The molecule has 0 aliphatic heterocycles. The molecule has 0 bridgehead atoms. The number of methoxy groups -OCH3 is 4. The Hall–Kier alpha value is -2.36. The molecule has 0 amide bonds. The first-order valence-electron chi connectivity index (χ1n) is 9.30. The summed E-state index contributed by atoms with van der Waals surface area (Å²) in [6, 6.07) is 11.8. The maximum atomic E-state index is 5.41. The molecular weight excluding hydrogens is 497 g/mol. The van der Waals surface area contributed by atoms with E-state index < -0.39 is 0 Å². The van der Waals surface area contributed by atoms with E-state index in [9.17, 15) is 0 Å². The van der Waals surface area contributed by atoms with E-state index in [0.717, 1.165) is 11.4 Å². The Kier molecular flexibility index (Phi) is 10.0. The molecule has 0 saturated carbocycles. The molecular formula is C22H32IN3O4. The lowest BCUT2D eigenvalue weighted by Gasteiger charge is -2.27. The minimum absolute atomic E-state index is 0. The van der Waals surface area contributed by atoms with Crippen molar-refractivity contribution in [2.75, 3.05) is 47.3 Å². The van der Waals surface area contributed by atoms with E-state index >= 15 is 0 Å². The van der Waals surface area contributed by atoms with E-state index in [-0.39, 0.29) is 29.4 Å². The quantitative estimate of drug-likeness (QED) is 0.302. The van der Waals surface area contributed by atoms with Crippen LogP contribution >= 0.6 is 24.0 Å². The zero-order valence-corrected chi connectivity index (χ0v) is 21.0. The van der Waals surface area contributed by atoms with Crippen molar-refractivity contribution in [3.05, 3.63) is 42.0 Å². The van der Waals surface area contributed by atoms with E-state index in [1.54, 1.807) is 35.5 Å². The van der Waals surface area contributed by atoms with Crippen LogP contribution in [0, 0.1) is 0 Å². The molecule has 2 N–H and O–H groups in total. The highest BCUT2D eigenvalue weighted by atomic mass is 127. The van der Waals surface area contributed by atoms with E-state index in [1.807, 2.05) is 24.3 Å². The first kappa shape index (κ1) is 25.7. The number of nitrogens with zero attached hydrogens (tertiary/aromatic N) is 1. The minimum atomic E-state index is -0.137. The number of halogens is 1. The first-order chi connectivity index (χ1) is 13.9. The van der Waals surface area contributed by atoms with Crippen LogP contribution in [0.15, 0.2) is 41.4 Å². The van der Waals surface area contributed by atoms with E-state index in [0.29, 0.717) is 29.8 Å². The molecule has 0 heterocycles. The lowest BCUT2D eigenvalue weighted by Crippen LogP contribution is -2.40. The molecule has 0 aliphatic carbocycles. The second kappa shape index (κ2) is 11.7. The summed E-state index contributed by atoms with van der Waals surface area (Å²) in [5.74, 6) is 3.16. The molecule has 0 fully saturated rings. The SMILES string of the molecule is CN=C(NCC(C)(C)c1cccc(OC)c1)Nc1cc(OC)c(OC)c(OC)c1.I. The molecule has 0 unspecified atom stereocenters. The number of hydrogen-bond donors (Lipinski definition) is 2. The summed E-state index contributed by atoms with van der Waals surface area (Å²) >= 11 is 0. The number of guanidine groups is 1. The van der Waals surface area contributed by atoms with Gasteiger partial charge in [-0.1, -0.05) is 26.0 Å². The van der Waals surface area contributed by atoms with Gasteiger partial charge in [0.15, 0.2) is 17.5 Å². The van der Waals surface area contributed by atoms with Crippen molar-refractivity contribution in [3.8, 4) is 23.0 Å². The zero-order valence-electron chi connectivity index (χ0n) is 18.7. The molecule has 2 rings (SSSR count). The van der Waals surface area contributed by atoms with Gasteiger partial charge in [-0.05, 0) is 17.7 Å². The van der Waals surface area contributed by atoms with Crippen LogP contribution in [0.25, 0.3) is 0 Å². The largest absolute Gasteiger partial charge is 0.497 e. The summed E-state index contributed by atoms with van der Waals surface area (Å²) in [7, 11) is 8.16. The van der Waals surface area contributed by atoms with Gasteiger partial charge in [-0.25, -0.2) is 0 Å². The number of benzene rings is 2. The highest BCUT2D eigenvalue weighted by Crippen LogP contribution is 2.39. The van der Waals surface area contributed by atoms with Gasteiger partial charge in [0.25, 0.3) is 0 Å². The average molecular weight is 529 g/mol. The fraction of sp³-hybridized carbons (Fsp3) is 0.409. The lowest BCUT2D eigenvalue weighted by molar-refractivity contribution is 0.324. The van der Waals surface area contributed by atoms with Crippen molar-refractivity contribution in [1.29, 1.82) is 0 Å². The van der Waals surface area contributed by atoms with Gasteiger partial charge < -0.3 is 29.6 Å². The van der Waals surface area contributed by atoms with Gasteiger partial charge in [-0.2, -0.15) is 0 Å². The van der Waals surface area contributed by atoms with Crippen LogP contribution in [0.2, 0.25) is 0 Å². The maximum absolute atomic E-state index is 5.41. The Balaban J connectivity index is 0.00000450. The number of anilines is 1. The van der Waals surface area contributed by atoms with Gasteiger partial charge in [0, 0.05) is 36.8 Å². The summed E-state index contributed by atoms with van der Waals surface area (Å²) in [4.78, 5) is 4.32. The van der Waals surface area contributed by atoms with Gasteiger partial charge in [0.05, 0.1) is 28.4 Å². The zero-order chi connectivity index (χ0) is 21.4. The number of aliphatic imine (C=N–C) groups is 1. The highest BCUT2D eigenvalue weighted by molar-refractivity contribution is 14.0. The molecule has 0 radical (unpaired) electrons. The van der Waals surface area contributed by atoms with E-state index in [2.05, 4.69) is 41.6 Å². The molecule has 0 atom stereocenters. The molecule has 2 aromatic carbocycles. The van der Waals surface area contributed by atoms with Crippen molar-refractivity contribution in [2.45, 2.75) is 19.3 Å². The fourth-order valence-electron chi connectivity index (χ4n) is 2.92. The third-order valence-corrected chi connectivity index (χ3v) is 4.70. The van der Waals surface area contributed by atoms with Crippen molar-refractivity contribution < 1.29 is 18.9 Å². The van der Waals surface area contributed by atoms with Crippen molar-refractivity contribution in [2.24, 2.45) is 4.99 Å². The summed E-state index contributed by atoms with van der Waals surface area (Å²) in [6.45, 7) is 5.01. The Labute approximate surface area is 196 Å². The second-order valence-electron chi connectivity index (χ2n) is 7.08. The topological polar surface area (TPSA) is 73.3 Å². The van der Waals surface area contributed by atoms with Crippen LogP contribution in [-0.2, 0) is 5.41 Å². The predicted molar refractivity (Wildman–Crippen MR) is 133 cm³/mol. The average Bonchev–Trinajstić information content (AvgIpc) is 2.75. The fourth-order valence-corrected chi connectivity index (χ4v) is 2.92. The van der Waals surface area contributed by atoms with Crippen LogP contribution in [0.1, 0.15) is 19.4 Å². The Morgan fingerprint density at radius 1 is 0.933 bits per heavy atom. The third kappa shape index (κ3) is 6.32. The van der Waals surface area contributed by atoms with Gasteiger partial charge in [-0.3, -0.25) is 4.99 Å². The molecule has 2 aromatic rings. The Bertz CT molecular complexity index is 831. The number of hydrogen-bond acceptors (Lipinski definition) is 5. The van der Waals surface area contributed by atoms with Crippen LogP contribution in [0.5, 0.6) is 23.0 Å². The summed E-state index contributed by atoms with van der Waals surface area (Å²) in [5.41, 5.74) is 1.81. The van der Waals surface area contributed by atoms with E-state index in [1.165, 1.54) is 5.56 Å². The smallest absolute Gasteiger partial charge is 0.203 e. The molecule has 166 valence electrons. The number of rotatable bonds is 8. The normalized spacial score (nSPS) is 11.2. The van der Waals surface area contributed by atoms with Gasteiger partial charge in [0.1, 0.15) is 5.75 Å². The molecule has 7 nitrogen and oxygen atoms in total. The van der Waals surface area contributed by atoms with Crippen LogP contribution < -0.4 is 29.6 Å². The van der Waals surface area contributed by atoms with Crippen molar-refractivity contribution in [3.63, 3.8) is 0 Å². The first-order valence-corrected chi connectivity index (χ1v) is 9.30. The highest BCUT2D eigenvalue weighted by Gasteiger charge is 2.22. The Morgan fingerprint density at radius 2 is 1.57 bits per heavy atom. The van der Waals surface area contributed by atoms with Gasteiger partial charge >= 0.3 is 0 Å². The monoisotopic (exact) mass is 529 g/mol. The van der Waals surface area contributed by atoms with E-state index in [4.69, 9.17) is 18.9 Å². The standard InChI is InChI=1S/C22H31N3O4.HI/c1-22(2,15-9-8-10-17(11-15)26-4)14-24-21(23-3)25-16-12-18(27-5)20(29-7)19(13-16)28-6;/h8-13H,14H2,1-7H3,(H2,23,24,25);1H. The van der Waals surface area contributed by atoms with Crippen LogP contribution in [-0.4, -0.2) is 48.0 Å². The molecule has 30 heavy (non-hydrogen) atoms. The summed E-state index contributed by atoms with van der Waals surface area (Å²) in [5, 5.41) is 6.66. The number of nitrogens with one attached hydrogen (secondary N) is 2. The second-order valence-corrected chi connectivity index (χ2v) is 7.08. The van der Waals surface area contributed by atoms with Gasteiger partial charge in [-0.15, -0.1) is 24.0 Å². The van der Waals surface area contributed by atoms with Crippen LogP contribution in [0.3, 0.4) is 0 Å². The third-order valence-electron chi connectivity index (χ3n) is 4.70. The predicted octanol–water partition coefficient (Wildman–Crippen LogP) is 4.30. The van der Waals surface area contributed by atoms with Crippen molar-refractivity contribution in [1.82, 2.24) is 5.32 Å². The van der Waals surface area contributed by atoms with Crippen molar-refractivity contribution >= 4 is 35.6 Å². The Morgan fingerprint density at radius 3 is 2.07 bits per heavy atom. The molecule has 0 aliphatic rings. The molecule has 0 saturated heterocycles. The van der Waals surface area contributed by atoms with Gasteiger partial charge in [0.2, 0.25) is 5.75 Å². The summed E-state index contributed by atoms with van der Waals surface area (Å²) < 4.78 is 21.5. The molecule has 0 aromatic heterocycles. The minimum Gasteiger partial charge on any atom is -0.497 e. The number of ether oxygens (including phenoxy) is 4. The van der Waals surface area contributed by atoms with Crippen LogP contribution in [0.4, 0.5) is 5.69 Å². The summed E-state index contributed by atoms with van der Waals surface area (Å²) in [6.07, 6.45) is 0.